The number of hydrogen-bond acceptors (Lipinski definition) is 8. The molecule has 0 saturated carbocycles. The van der Waals surface area contributed by atoms with Crippen LogP contribution in [0.1, 0.15) is 20.8 Å². The monoisotopic (exact) mass is 349 g/mol. The molecule has 10 heteroatoms. The first-order valence-corrected chi connectivity index (χ1v) is 7.97. The van der Waals surface area contributed by atoms with Gasteiger partial charge in [0, 0.05) is 6.92 Å². The zero-order valence-electron chi connectivity index (χ0n) is 14.0. The fourth-order valence-electron chi connectivity index (χ4n) is 3.18. The van der Waals surface area contributed by atoms with Crippen molar-refractivity contribution in [2.75, 3.05) is 5.32 Å². The fraction of sp³-hybridized carbons (Fsp3) is 0.600. The maximum Gasteiger partial charge on any atom is 0.222 e. The molecule has 0 aromatic carbocycles. The number of aliphatic hydroxyl groups is 1. The van der Waals surface area contributed by atoms with Gasteiger partial charge in [0.15, 0.2) is 29.1 Å². The summed E-state index contributed by atoms with van der Waals surface area (Å²) in [6, 6.07) is 0. The predicted molar refractivity (Wildman–Crippen MR) is 84.3 cm³/mol. The Kier molecular flexibility index (Phi) is 3.72. The lowest BCUT2D eigenvalue weighted by molar-refractivity contribution is -0.216. The number of amides is 1. The quantitative estimate of drug-likeness (QED) is 0.796. The molecule has 0 aliphatic carbocycles. The number of aromatic nitrogens is 4. The number of aliphatic hydroxyl groups excluding tert-OH is 1. The van der Waals surface area contributed by atoms with E-state index in [9.17, 15) is 9.90 Å². The lowest BCUT2D eigenvalue weighted by Gasteiger charge is -2.23. The molecule has 0 unspecified atom stereocenters. The number of fused-ring (bicyclic) bond motifs is 2. The van der Waals surface area contributed by atoms with Crippen molar-refractivity contribution in [1.82, 2.24) is 19.5 Å². The van der Waals surface area contributed by atoms with Crippen LogP contribution in [0.2, 0.25) is 0 Å². The summed E-state index contributed by atoms with van der Waals surface area (Å²) >= 11 is 0. The number of ether oxygens (including phenoxy) is 3. The average molecular weight is 349 g/mol. The zero-order chi connectivity index (χ0) is 17.8. The van der Waals surface area contributed by atoms with Gasteiger partial charge in [0.05, 0.1) is 12.9 Å². The first-order valence-electron chi connectivity index (χ1n) is 7.97. The van der Waals surface area contributed by atoms with E-state index in [1.54, 1.807) is 24.7 Å². The largest absolute Gasteiger partial charge is 0.387 e. The highest BCUT2D eigenvalue weighted by atomic mass is 16.8. The van der Waals surface area contributed by atoms with E-state index in [2.05, 4.69) is 20.3 Å². The van der Waals surface area contributed by atoms with Crippen LogP contribution in [0.4, 0.5) is 5.82 Å². The summed E-state index contributed by atoms with van der Waals surface area (Å²) in [5.41, 5.74) is 1.01. The van der Waals surface area contributed by atoms with E-state index in [1.807, 2.05) is 0 Å². The van der Waals surface area contributed by atoms with Crippen molar-refractivity contribution in [2.45, 2.75) is 57.7 Å². The summed E-state index contributed by atoms with van der Waals surface area (Å²) in [5.74, 6) is -0.674. The summed E-state index contributed by atoms with van der Waals surface area (Å²) in [4.78, 5) is 23.8. The first kappa shape index (κ1) is 16.3. The molecule has 25 heavy (non-hydrogen) atoms. The molecule has 2 aliphatic heterocycles. The number of nitrogens with zero attached hydrogens (tertiary/aromatic N) is 4. The molecule has 2 saturated heterocycles. The van der Waals surface area contributed by atoms with Crippen molar-refractivity contribution < 1.29 is 24.1 Å². The molecule has 4 rings (SSSR count). The van der Waals surface area contributed by atoms with Crippen LogP contribution >= 0.6 is 0 Å². The Balaban J connectivity index is 1.55. The topological polar surface area (TPSA) is 121 Å². The van der Waals surface area contributed by atoms with Gasteiger partial charge < -0.3 is 29.2 Å². The van der Waals surface area contributed by atoms with Crippen LogP contribution in [0.3, 0.4) is 0 Å². The molecule has 2 aromatic heterocycles. The second-order valence-electron chi connectivity index (χ2n) is 6.61. The Labute approximate surface area is 143 Å². The third kappa shape index (κ3) is 2.86. The first-order chi connectivity index (χ1) is 11.8. The van der Waals surface area contributed by atoms with Gasteiger partial charge in [-0.2, -0.15) is 0 Å². The Morgan fingerprint density at radius 2 is 2.16 bits per heavy atom. The number of hydrogen-bond donors (Lipinski definition) is 2. The molecule has 0 radical (unpaired) electrons. The van der Waals surface area contributed by atoms with Crippen LogP contribution in [0.25, 0.3) is 11.2 Å². The second-order valence-corrected chi connectivity index (χ2v) is 6.61. The van der Waals surface area contributed by atoms with Crippen LogP contribution < -0.4 is 5.32 Å². The summed E-state index contributed by atoms with van der Waals surface area (Å²) in [5, 5.41) is 13.1. The maximum atomic E-state index is 11.3. The van der Waals surface area contributed by atoms with E-state index in [1.165, 1.54) is 13.3 Å². The molecule has 2 fully saturated rings. The predicted octanol–water partition coefficient (Wildman–Crippen LogP) is 0.0220. The van der Waals surface area contributed by atoms with Crippen molar-refractivity contribution in [3.63, 3.8) is 0 Å². The van der Waals surface area contributed by atoms with Gasteiger partial charge in [0.2, 0.25) is 5.91 Å². The minimum absolute atomic E-state index is 0.242. The van der Waals surface area contributed by atoms with Crippen LogP contribution in [0.5, 0.6) is 0 Å². The number of nitrogens with one attached hydrogen (secondary N) is 1. The van der Waals surface area contributed by atoms with Crippen molar-refractivity contribution in [3.05, 3.63) is 12.7 Å². The van der Waals surface area contributed by atoms with E-state index < -0.39 is 30.4 Å². The normalized spacial score (nSPS) is 30.6. The Morgan fingerprint density at radius 1 is 1.36 bits per heavy atom. The smallest absolute Gasteiger partial charge is 0.222 e. The van der Waals surface area contributed by atoms with E-state index in [4.69, 9.17) is 14.2 Å². The minimum Gasteiger partial charge on any atom is -0.387 e. The van der Waals surface area contributed by atoms with Crippen molar-refractivity contribution >= 4 is 22.9 Å². The van der Waals surface area contributed by atoms with Gasteiger partial charge in [0.25, 0.3) is 0 Å². The Morgan fingerprint density at radius 3 is 2.88 bits per heavy atom. The van der Waals surface area contributed by atoms with Crippen LogP contribution in [0, 0.1) is 0 Å². The lowest BCUT2D eigenvalue weighted by Crippen LogP contribution is -2.36. The van der Waals surface area contributed by atoms with E-state index in [0.717, 1.165) is 0 Å². The number of anilines is 1. The number of carbonyl (C=O) groups excluding carboxylic acids is 1. The fourth-order valence-corrected chi connectivity index (χ4v) is 3.18. The van der Waals surface area contributed by atoms with Crippen LogP contribution in [0.15, 0.2) is 12.7 Å². The Hall–Kier alpha value is -2.14. The van der Waals surface area contributed by atoms with Crippen LogP contribution in [-0.2, 0) is 25.5 Å². The Bertz CT molecular complexity index is 822. The van der Waals surface area contributed by atoms with Gasteiger partial charge in [-0.25, -0.2) is 15.0 Å². The molecular formula is C15H19N5O5. The lowest BCUT2D eigenvalue weighted by atomic mass is 10.1. The molecule has 0 spiro atoms. The molecule has 0 bridgehead atoms. The highest BCUT2D eigenvalue weighted by molar-refractivity contribution is 5.95. The van der Waals surface area contributed by atoms with E-state index in [-0.39, 0.29) is 5.91 Å². The average Bonchev–Trinajstić information content (AvgIpc) is 3.14. The third-order valence-electron chi connectivity index (χ3n) is 4.19. The molecule has 10 nitrogen and oxygen atoms in total. The highest BCUT2D eigenvalue weighted by Crippen LogP contribution is 2.37. The van der Waals surface area contributed by atoms with E-state index >= 15 is 0 Å². The molecular weight excluding hydrogens is 330 g/mol. The summed E-state index contributed by atoms with van der Waals surface area (Å²) in [7, 11) is 0. The summed E-state index contributed by atoms with van der Waals surface area (Å²) < 4.78 is 18.9. The van der Waals surface area contributed by atoms with Crippen LogP contribution in [-0.4, -0.2) is 60.9 Å². The molecule has 4 heterocycles. The molecule has 1 amide bonds. The van der Waals surface area contributed by atoms with Crippen molar-refractivity contribution in [3.8, 4) is 0 Å². The third-order valence-corrected chi connectivity index (χ3v) is 4.19. The number of rotatable bonds is 3. The molecule has 2 aromatic rings. The van der Waals surface area contributed by atoms with Gasteiger partial charge in [-0.3, -0.25) is 4.79 Å². The molecule has 4 atom stereocenters. The molecule has 134 valence electrons. The zero-order valence-corrected chi connectivity index (χ0v) is 14.0. The summed E-state index contributed by atoms with van der Waals surface area (Å²) in [6.45, 7) is 5.27. The van der Waals surface area contributed by atoms with Crippen molar-refractivity contribution in [1.29, 1.82) is 0 Å². The maximum absolute atomic E-state index is 11.3. The standard InChI is InChI=1S/C15H19N5O5/c1-7(21)19-12-9-13(17-5-16-12)20(6-18-9)4-8-10(22)11-14(23-8)25-15(2,3)24-11/h5-6,8,10-11,14,22H,4H2,1-3H3,(H,16,17,19,21)/t8-,10-,11+,14+/m0/s1. The SMILES string of the molecule is CC(=O)Nc1ncnc2c1ncn2C[C@@H]1O[C@@H]2OC(C)(C)O[C@@H]2[C@H]1O. The van der Waals surface area contributed by atoms with Gasteiger partial charge in [-0.15, -0.1) is 0 Å². The molecule has 2 N–H and O–H groups in total. The highest BCUT2D eigenvalue weighted by Gasteiger charge is 2.54. The van der Waals surface area contributed by atoms with Crippen molar-refractivity contribution in [2.24, 2.45) is 0 Å². The van der Waals surface area contributed by atoms with Gasteiger partial charge in [0.1, 0.15) is 24.6 Å². The summed E-state index contributed by atoms with van der Waals surface area (Å²) in [6.07, 6.45) is 0.430. The van der Waals surface area contributed by atoms with Gasteiger partial charge in [-0.1, -0.05) is 0 Å². The molecule has 2 aliphatic rings. The van der Waals surface area contributed by atoms with Gasteiger partial charge in [-0.05, 0) is 13.8 Å². The van der Waals surface area contributed by atoms with E-state index in [0.29, 0.717) is 23.5 Å². The second kappa shape index (κ2) is 5.70. The minimum atomic E-state index is -0.833. The number of imidazole rings is 1. The van der Waals surface area contributed by atoms with Gasteiger partial charge >= 0.3 is 0 Å². The number of carbonyl (C=O) groups is 1.